The number of para-hydroxylation sites is 1. The largest absolute Gasteiger partial charge is 0.457 e. The number of carbonyl (C=O) groups is 3. The average molecular weight is 623 g/mol. The van der Waals surface area contributed by atoms with E-state index in [1.807, 2.05) is 39.0 Å². The summed E-state index contributed by atoms with van der Waals surface area (Å²) in [6, 6.07) is 20.7. The maximum Gasteiger partial charge on any atom is 0.318 e. The second-order valence-electron chi connectivity index (χ2n) is 11.6. The van der Waals surface area contributed by atoms with Gasteiger partial charge in [0.25, 0.3) is 11.8 Å². The van der Waals surface area contributed by atoms with Crippen LogP contribution in [0.1, 0.15) is 41.5 Å². The normalized spacial score (nSPS) is 20.3. The van der Waals surface area contributed by atoms with Gasteiger partial charge in [-0.1, -0.05) is 51.1 Å². The Kier molecular flexibility index (Phi) is 8.55. The molecule has 2 N–H and O–H groups in total. The molecule has 2 heterocycles. The minimum Gasteiger partial charge on any atom is -0.457 e. The lowest BCUT2D eigenvalue weighted by atomic mass is 9.78. The number of thiol groups is 1. The van der Waals surface area contributed by atoms with Crippen molar-refractivity contribution in [2.45, 2.75) is 37.1 Å². The van der Waals surface area contributed by atoms with Crippen LogP contribution in [0.15, 0.2) is 83.8 Å². The second kappa shape index (κ2) is 12.0. The number of fused-ring (bicyclic) bond motifs is 1. The molecule has 5 rings (SSSR count). The van der Waals surface area contributed by atoms with Crippen molar-refractivity contribution in [1.82, 2.24) is 19.8 Å². The summed E-state index contributed by atoms with van der Waals surface area (Å²) >= 11 is 4.68. The number of hydrogen-bond acceptors (Lipinski definition) is 7. The Morgan fingerprint density at radius 2 is 1.47 bits per heavy atom. The summed E-state index contributed by atoms with van der Waals surface area (Å²) in [5, 5.41) is 2.00. The monoisotopic (exact) mass is 622 g/mol. The Labute approximate surface area is 256 Å². The van der Waals surface area contributed by atoms with Crippen LogP contribution in [0, 0.1) is 11.3 Å². The first kappa shape index (κ1) is 30.6. The number of carbonyl (C=O) groups excluding carboxylic acids is 3. The summed E-state index contributed by atoms with van der Waals surface area (Å²) in [5.41, 5.74) is 0.321. The number of urea groups is 1. The van der Waals surface area contributed by atoms with E-state index in [0.717, 1.165) is 4.90 Å². The van der Waals surface area contributed by atoms with Gasteiger partial charge < -0.3 is 15.0 Å². The molecule has 0 aromatic heterocycles. The molecule has 3 aromatic rings. The molecule has 10 nitrogen and oxygen atoms in total. The van der Waals surface area contributed by atoms with E-state index in [0.29, 0.717) is 22.6 Å². The molecule has 2 aliphatic rings. The van der Waals surface area contributed by atoms with Crippen LogP contribution in [0.4, 0.5) is 4.79 Å². The molecule has 3 aromatic carbocycles. The summed E-state index contributed by atoms with van der Waals surface area (Å²) in [5.74, 6) is 0.0763. The van der Waals surface area contributed by atoms with Crippen LogP contribution in [-0.4, -0.2) is 67.1 Å². The van der Waals surface area contributed by atoms with Crippen molar-refractivity contribution in [3.8, 4) is 11.5 Å². The number of amides is 4. The fraction of sp³-hybridized carbons (Fsp3) is 0.323. The molecule has 0 saturated carbocycles. The number of rotatable bonds is 8. The van der Waals surface area contributed by atoms with E-state index in [2.05, 4.69) is 22.7 Å². The van der Waals surface area contributed by atoms with Crippen LogP contribution in [0.3, 0.4) is 0 Å². The predicted octanol–water partition coefficient (Wildman–Crippen LogP) is 4.37. The zero-order chi connectivity index (χ0) is 30.9. The zero-order valence-corrected chi connectivity index (χ0v) is 25.8. The van der Waals surface area contributed by atoms with Crippen LogP contribution in [0.2, 0.25) is 0 Å². The third-order valence-corrected chi connectivity index (χ3v) is 9.81. The molecule has 0 aliphatic carbocycles. The SMILES string of the molecule is CC(C)(C)C1CN(C(=O)NCCN2C(=O)c3ccccc3C2=O)C(S)C1NS(=O)(=O)c1ccc(Oc2ccccc2)cc1. The number of sulfonamides is 1. The molecule has 0 bridgehead atoms. The van der Waals surface area contributed by atoms with Gasteiger partial charge >= 0.3 is 6.03 Å². The van der Waals surface area contributed by atoms with E-state index < -0.39 is 39.3 Å². The molecule has 12 heteroatoms. The smallest absolute Gasteiger partial charge is 0.318 e. The molecular weight excluding hydrogens is 588 g/mol. The molecular formula is C31H34N4O6S2. The van der Waals surface area contributed by atoms with Crippen molar-refractivity contribution in [3.05, 3.63) is 90.0 Å². The third kappa shape index (κ3) is 6.41. The highest BCUT2D eigenvalue weighted by atomic mass is 32.2. The van der Waals surface area contributed by atoms with Gasteiger partial charge in [-0.2, -0.15) is 12.6 Å². The highest BCUT2D eigenvalue weighted by molar-refractivity contribution is 7.89. The molecule has 226 valence electrons. The molecule has 3 atom stereocenters. The van der Waals surface area contributed by atoms with Gasteiger partial charge in [0.05, 0.1) is 27.4 Å². The molecule has 0 spiro atoms. The topological polar surface area (TPSA) is 125 Å². The standard InChI is InChI=1S/C31H34N4O6S2/c1-31(2,3)25-19-35(30(38)32-17-18-34-27(36)23-11-7-8-12-24(23)28(34)37)29(42)26(25)33-43(39,40)22-15-13-21(14-16-22)41-20-9-5-4-6-10-20/h4-16,25-26,29,33,42H,17-19H2,1-3H3,(H,32,38). The number of imide groups is 1. The molecule has 2 aliphatic heterocycles. The lowest BCUT2D eigenvalue weighted by Gasteiger charge is -2.32. The minimum atomic E-state index is -3.97. The average Bonchev–Trinajstić information content (AvgIpc) is 3.42. The Balaban J connectivity index is 1.23. The van der Waals surface area contributed by atoms with Gasteiger partial charge in [0, 0.05) is 25.6 Å². The summed E-state index contributed by atoms with van der Waals surface area (Å²) in [4.78, 5) is 41.2. The van der Waals surface area contributed by atoms with Gasteiger partial charge in [-0.25, -0.2) is 17.9 Å². The van der Waals surface area contributed by atoms with E-state index in [-0.39, 0.29) is 35.9 Å². The molecule has 3 unspecified atom stereocenters. The van der Waals surface area contributed by atoms with Crippen LogP contribution in [0.25, 0.3) is 0 Å². The van der Waals surface area contributed by atoms with Crippen LogP contribution < -0.4 is 14.8 Å². The van der Waals surface area contributed by atoms with Crippen LogP contribution in [-0.2, 0) is 10.0 Å². The van der Waals surface area contributed by atoms with Crippen molar-refractivity contribution in [3.63, 3.8) is 0 Å². The Bertz CT molecular complexity index is 1590. The van der Waals surface area contributed by atoms with Gasteiger partial charge in [0.1, 0.15) is 11.5 Å². The number of likely N-dealkylation sites (tertiary alicyclic amines) is 1. The Hall–Kier alpha value is -3.87. The Morgan fingerprint density at radius 3 is 2.05 bits per heavy atom. The van der Waals surface area contributed by atoms with E-state index in [1.165, 1.54) is 17.0 Å². The lowest BCUT2D eigenvalue weighted by molar-refractivity contribution is 0.0655. The van der Waals surface area contributed by atoms with Gasteiger partial charge in [0.2, 0.25) is 10.0 Å². The minimum absolute atomic E-state index is 0.00586. The molecule has 43 heavy (non-hydrogen) atoms. The zero-order valence-electron chi connectivity index (χ0n) is 24.1. The fourth-order valence-electron chi connectivity index (χ4n) is 5.37. The Morgan fingerprint density at radius 1 is 0.907 bits per heavy atom. The molecule has 4 amide bonds. The molecule has 0 radical (unpaired) electrons. The first-order valence-corrected chi connectivity index (χ1v) is 15.9. The maximum absolute atomic E-state index is 13.5. The number of nitrogens with one attached hydrogen (secondary N) is 2. The van der Waals surface area contributed by atoms with E-state index in [9.17, 15) is 22.8 Å². The highest BCUT2D eigenvalue weighted by Crippen LogP contribution is 2.39. The molecule has 1 saturated heterocycles. The fourth-order valence-corrected chi connectivity index (χ4v) is 7.24. The van der Waals surface area contributed by atoms with Crippen molar-refractivity contribution >= 4 is 40.5 Å². The molecule has 1 fully saturated rings. The van der Waals surface area contributed by atoms with Crippen molar-refractivity contribution in [1.29, 1.82) is 0 Å². The summed E-state index contributed by atoms with van der Waals surface area (Å²) in [7, 11) is -3.97. The van der Waals surface area contributed by atoms with Crippen molar-refractivity contribution in [2.75, 3.05) is 19.6 Å². The summed E-state index contributed by atoms with van der Waals surface area (Å²) in [6.45, 7) is 6.26. The lowest BCUT2D eigenvalue weighted by Crippen LogP contribution is -2.49. The first-order chi connectivity index (χ1) is 20.4. The van der Waals surface area contributed by atoms with Crippen molar-refractivity contribution < 1.29 is 27.5 Å². The van der Waals surface area contributed by atoms with E-state index in [4.69, 9.17) is 4.74 Å². The van der Waals surface area contributed by atoms with Gasteiger partial charge in [0.15, 0.2) is 0 Å². The maximum atomic E-state index is 13.5. The summed E-state index contributed by atoms with van der Waals surface area (Å²) < 4.78 is 35.5. The first-order valence-electron chi connectivity index (χ1n) is 13.9. The number of hydrogen-bond donors (Lipinski definition) is 3. The van der Waals surface area contributed by atoms with Gasteiger partial charge in [-0.05, 0) is 53.9 Å². The second-order valence-corrected chi connectivity index (χ2v) is 13.9. The van der Waals surface area contributed by atoms with Gasteiger partial charge in [-0.3, -0.25) is 14.5 Å². The number of benzene rings is 3. The third-order valence-electron chi connectivity index (χ3n) is 7.73. The van der Waals surface area contributed by atoms with Crippen LogP contribution in [0.5, 0.6) is 11.5 Å². The summed E-state index contributed by atoms with van der Waals surface area (Å²) in [6.07, 6.45) is 0. The van der Waals surface area contributed by atoms with E-state index >= 15 is 0 Å². The predicted molar refractivity (Wildman–Crippen MR) is 165 cm³/mol. The van der Waals surface area contributed by atoms with Crippen LogP contribution >= 0.6 is 12.6 Å². The highest BCUT2D eigenvalue weighted by Gasteiger charge is 2.48. The van der Waals surface area contributed by atoms with Crippen molar-refractivity contribution in [2.24, 2.45) is 11.3 Å². The van der Waals surface area contributed by atoms with Gasteiger partial charge in [-0.15, -0.1) is 0 Å². The van der Waals surface area contributed by atoms with E-state index in [1.54, 1.807) is 48.5 Å². The number of nitrogens with zero attached hydrogens (tertiary/aromatic N) is 2. The number of ether oxygens (including phenoxy) is 1. The quantitative estimate of drug-likeness (QED) is 0.253.